The molecule has 1 aromatic rings. The Morgan fingerprint density at radius 2 is 2.25 bits per heavy atom. The Balaban J connectivity index is 2.26. The third-order valence-electron chi connectivity index (χ3n) is 2.12. The van der Waals surface area contributed by atoms with E-state index in [0.29, 0.717) is 30.3 Å². The Hall–Kier alpha value is -1.97. The maximum Gasteiger partial charge on any atom is 0.342 e. The number of fused-ring (bicyclic) bond motifs is 1. The predicted octanol–water partition coefficient (Wildman–Crippen LogP) is 1.80. The van der Waals surface area contributed by atoms with Gasteiger partial charge in [0.2, 0.25) is 0 Å². The molecule has 2 rings (SSSR count). The van der Waals surface area contributed by atoms with Crippen molar-refractivity contribution >= 4 is 5.97 Å². The number of carbonyl (C=O) groups is 1. The normalized spacial score (nSPS) is 13.0. The van der Waals surface area contributed by atoms with E-state index >= 15 is 0 Å². The first-order valence-corrected chi connectivity index (χ1v) is 4.99. The van der Waals surface area contributed by atoms with Crippen LogP contribution in [-0.4, -0.2) is 25.8 Å². The van der Waals surface area contributed by atoms with Crippen molar-refractivity contribution in [2.75, 3.05) is 19.8 Å². The van der Waals surface area contributed by atoms with Crippen LogP contribution in [0, 0.1) is 0 Å². The van der Waals surface area contributed by atoms with Crippen molar-refractivity contribution in [1.82, 2.24) is 0 Å². The average molecular weight is 220 g/mol. The molecule has 0 saturated heterocycles. The summed E-state index contributed by atoms with van der Waals surface area (Å²) in [5.41, 5.74) is 0.388. The number of rotatable bonds is 3. The fraction of sp³-hybridized carbons (Fsp3) is 0.250. The Bertz CT molecular complexity index is 411. The lowest BCUT2D eigenvalue weighted by Gasteiger charge is -2.20. The van der Waals surface area contributed by atoms with Gasteiger partial charge in [-0.25, -0.2) is 4.79 Å². The highest BCUT2D eigenvalue weighted by Gasteiger charge is 2.20. The van der Waals surface area contributed by atoms with Crippen LogP contribution in [0.3, 0.4) is 0 Å². The molecule has 4 heteroatoms. The van der Waals surface area contributed by atoms with E-state index in [9.17, 15) is 4.79 Å². The van der Waals surface area contributed by atoms with Crippen molar-refractivity contribution in [2.45, 2.75) is 0 Å². The second-order valence-electron chi connectivity index (χ2n) is 3.22. The van der Waals surface area contributed by atoms with Gasteiger partial charge in [0.05, 0.1) is 0 Å². The van der Waals surface area contributed by atoms with E-state index in [2.05, 4.69) is 6.58 Å². The van der Waals surface area contributed by atoms with Gasteiger partial charge in [-0.05, 0) is 12.1 Å². The average Bonchev–Trinajstić information content (AvgIpc) is 2.35. The lowest BCUT2D eigenvalue weighted by atomic mass is 10.2. The fourth-order valence-corrected chi connectivity index (χ4v) is 1.45. The number of para-hydroxylation sites is 1. The monoisotopic (exact) mass is 220 g/mol. The van der Waals surface area contributed by atoms with Crippen molar-refractivity contribution in [3.05, 3.63) is 36.4 Å². The first-order valence-electron chi connectivity index (χ1n) is 4.99. The second-order valence-corrected chi connectivity index (χ2v) is 3.22. The number of hydrogen-bond acceptors (Lipinski definition) is 4. The van der Waals surface area contributed by atoms with Crippen molar-refractivity contribution in [2.24, 2.45) is 0 Å². The van der Waals surface area contributed by atoms with Crippen molar-refractivity contribution in [1.29, 1.82) is 0 Å². The molecule has 0 N–H and O–H groups in total. The van der Waals surface area contributed by atoms with Crippen LogP contribution < -0.4 is 9.47 Å². The number of benzene rings is 1. The van der Waals surface area contributed by atoms with Crippen LogP contribution in [0.2, 0.25) is 0 Å². The smallest absolute Gasteiger partial charge is 0.342 e. The highest BCUT2D eigenvalue weighted by Crippen LogP contribution is 2.33. The highest BCUT2D eigenvalue weighted by molar-refractivity contribution is 5.93. The van der Waals surface area contributed by atoms with E-state index in [1.165, 1.54) is 6.08 Å². The van der Waals surface area contributed by atoms with Gasteiger partial charge in [0.25, 0.3) is 0 Å². The molecule has 1 heterocycles. The summed E-state index contributed by atoms with van der Waals surface area (Å²) in [5.74, 6) is 0.615. The number of ether oxygens (including phenoxy) is 3. The largest absolute Gasteiger partial charge is 0.486 e. The van der Waals surface area contributed by atoms with Gasteiger partial charge in [-0.15, -0.1) is 0 Å². The van der Waals surface area contributed by atoms with Crippen LogP contribution in [-0.2, 0) is 4.74 Å². The number of hydrogen-bond donors (Lipinski definition) is 0. The first kappa shape index (κ1) is 10.5. The van der Waals surface area contributed by atoms with E-state index < -0.39 is 5.97 Å². The summed E-state index contributed by atoms with van der Waals surface area (Å²) in [6.45, 7) is 4.61. The fourth-order valence-electron chi connectivity index (χ4n) is 1.45. The topological polar surface area (TPSA) is 44.8 Å². The summed E-state index contributed by atoms with van der Waals surface area (Å²) in [6.07, 6.45) is 1.52. The van der Waals surface area contributed by atoms with Gasteiger partial charge < -0.3 is 14.2 Å². The molecule has 0 bridgehead atoms. The second kappa shape index (κ2) is 4.70. The van der Waals surface area contributed by atoms with Crippen molar-refractivity contribution in [3.8, 4) is 11.5 Å². The predicted molar refractivity (Wildman–Crippen MR) is 57.9 cm³/mol. The van der Waals surface area contributed by atoms with E-state index in [4.69, 9.17) is 14.2 Å². The molecule has 0 radical (unpaired) electrons. The summed E-state index contributed by atoms with van der Waals surface area (Å²) >= 11 is 0. The number of carbonyl (C=O) groups excluding carboxylic acids is 1. The maximum atomic E-state index is 11.7. The minimum atomic E-state index is -0.428. The van der Waals surface area contributed by atoms with Crippen LogP contribution in [0.5, 0.6) is 11.5 Å². The summed E-state index contributed by atoms with van der Waals surface area (Å²) in [4.78, 5) is 11.7. The minimum Gasteiger partial charge on any atom is -0.486 e. The zero-order valence-corrected chi connectivity index (χ0v) is 8.77. The summed E-state index contributed by atoms with van der Waals surface area (Å²) in [6, 6.07) is 5.15. The third kappa shape index (κ3) is 2.00. The SMILES string of the molecule is C=CCOC(=O)c1cccc2c1OCCO2. The Morgan fingerprint density at radius 1 is 1.44 bits per heavy atom. The van der Waals surface area contributed by atoms with E-state index in [1.807, 2.05) is 0 Å². The Kier molecular flexibility index (Phi) is 3.10. The van der Waals surface area contributed by atoms with Crippen LogP contribution in [0.25, 0.3) is 0 Å². The minimum absolute atomic E-state index is 0.184. The lowest BCUT2D eigenvalue weighted by molar-refractivity contribution is 0.0539. The molecule has 0 saturated carbocycles. The van der Waals surface area contributed by atoms with Crippen LogP contribution >= 0.6 is 0 Å². The molecule has 0 fully saturated rings. The van der Waals surface area contributed by atoms with Gasteiger partial charge in [-0.1, -0.05) is 18.7 Å². The first-order chi connectivity index (χ1) is 7.83. The van der Waals surface area contributed by atoms with Crippen LogP contribution in [0.4, 0.5) is 0 Å². The van der Waals surface area contributed by atoms with Gasteiger partial charge >= 0.3 is 5.97 Å². The van der Waals surface area contributed by atoms with Gasteiger partial charge in [0.15, 0.2) is 11.5 Å². The molecule has 84 valence electrons. The molecular formula is C12H12O4. The molecule has 0 spiro atoms. The van der Waals surface area contributed by atoms with Gasteiger partial charge in [0.1, 0.15) is 25.4 Å². The molecule has 16 heavy (non-hydrogen) atoms. The third-order valence-corrected chi connectivity index (χ3v) is 2.12. The maximum absolute atomic E-state index is 11.7. The zero-order valence-electron chi connectivity index (χ0n) is 8.77. The molecule has 1 aromatic carbocycles. The molecule has 4 nitrogen and oxygen atoms in total. The molecule has 1 aliphatic rings. The molecule has 0 aromatic heterocycles. The molecule has 0 aliphatic carbocycles. The standard InChI is InChI=1S/C12H12O4/c1-2-6-16-12(13)9-4-3-5-10-11(9)15-8-7-14-10/h2-5H,1,6-8H2. The number of esters is 1. The van der Waals surface area contributed by atoms with Gasteiger partial charge in [-0.3, -0.25) is 0 Å². The van der Waals surface area contributed by atoms with E-state index in [1.54, 1.807) is 18.2 Å². The molecule has 1 aliphatic heterocycles. The van der Waals surface area contributed by atoms with Gasteiger partial charge in [0, 0.05) is 0 Å². The van der Waals surface area contributed by atoms with Crippen LogP contribution in [0.15, 0.2) is 30.9 Å². The van der Waals surface area contributed by atoms with Crippen molar-refractivity contribution < 1.29 is 19.0 Å². The van der Waals surface area contributed by atoms with Crippen LogP contribution in [0.1, 0.15) is 10.4 Å². The summed E-state index contributed by atoms with van der Waals surface area (Å²) < 4.78 is 15.7. The van der Waals surface area contributed by atoms with E-state index in [0.717, 1.165) is 0 Å². The summed E-state index contributed by atoms with van der Waals surface area (Å²) in [7, 11) is 0. The lowest BCUT2D eigenvalue weighted by Crippen LogP contribution is -2.18. The molecule has 0 atom stereocenters. The Morgan fingerprint density at radius 3 is 3.06 bits per heavy atom. The molecular weight excluding hydrogens is 208 g/mol. The van der Waals surface area contributed by atoms with Crippen molar-refractivity contribution in [3.63, 3.8) is 0 Å². The summed E-state index contributed by atoms with van der Waals surface area (Å²) in [5, 5.41) is 0. The zero-order chi connectivity index (χ0) is 11.4. The highest BCUT2D eigenvalue weighted by atomic mass is 16.6. The molecule has 0 amide bonds. The quantitative estimate of drug-likeness (QED) is 0.575. The van der Waals surface area contributed by atoms with Gasteiger partial charge in [-0.2, -0.15) is 0 Å². The molecule has 0 unspecified atom stereocenters. The Labute approximate surface area is 93.4 Å². The van der Waals surface area contributed by atoms with E-state index in [-0.39, 0.29) is 6.61 Å².